The van der Waals surface area contributed by atoms with E-state index in [9.17, 15) is 17.6 Å². The van der Waals surface area contributed by atoms with Crippen molar-refractivity contribution < 1.29 is 32.2 Å². The van der Waals surface area contributed by atoms with Crippen molar-refractivity contribution in [2.45, 2.75) is 106 Å². The van der Waals surface area contributed by atoms with Crippen LogP contribution in [0.4, 0.5) is 17.6 Å². The Kier molecular flexibility index (Phi) is 14.2. The van der Waals surface area contributed by atoms with Crippen LogP contribution in [0.3, 0.4) is 0 Å². The van der Waals surface area contributed by atoms with E-state index < -0.39 is 35.2 Å². The van der Waals surface area contributed by atoms with E-state index in [-0.39, 0.29) is 12.0 Å². The van der Waals surface area contributed by atoms with Crippen LogP contribution in [0, 0.1) is 0 Å². The molecular formula is C18H32F4O3S2. The van der Waals surface area contributed by atoms with Gasteiger partial charge in [0, 0.05) is 12.0 Å². The lowest BCUT2D eigenvalue weighted by atomic mass is 9.92. The normalized spacial score (nSPS) is 31.3. The molecule has 4 unspecified atom stereocenters. The molecule has 1 aliphatic carbocycles. The molecule has 0 aromatic carbocycles. The van der Waals surface area contributed by atoms with Crippen molar-refractivity contribution in [1.82, 2.24) is 0 Å². The molecule has 0 spiro atoms. The van der Waals surface area contributed by atoms with Crippen molar-refractivity contribution in [2.75, 3.05) is 5.75 Å². The van der Waals surface area contributed by atoms with Gasteiger partial charge in [-0.1, -0.05) is 69.7 Å². The fraction of sp³-hybridized carbons (Fsp3) is 1.00. The molecule has 1 aliphatic rings. The lowest BCUT2D eigenvalue weighted by Crippen LogP contribution is -2.55. The second kappa shape index (κ2) is 15.2. The number of halogens is 4. The van der Waals surface area contributed by atoms with E-state index in [1.165, 1.54) is 38.5 Å². The lowest BCUT2D eigenvalue weighted by Gasteiger charge is -2.38. The molecular weight excluding hydrogens is 404 g/mol. The monoisotopic (exact) mass is 436 g/mol. The molecule has 1 rings (SSSR count). The molecule has 0 bridgehead atoms. The Hall–Kier alpha value is 0.300. The maximum absolute atomic E-state index is 14.2. The molecule has 0 heterocycles. The highest BCUT2D eigenvalue weighted by Crippen LogP contribution is 2.41. The second-order valence-electron chi connectivity index (χ2n) is 7.00. The van der Waals surface area contributed by atoms with Gasteiger partial charge in [0.25, 0.3) is 0 Å². The average molecular weight is 437 g/mol. The van der Waals surface area contributed by atoms with Crippen LogP contribution in [0.5, 0.6) is 0 Å². The molecule has 0 aromatic rings. The molecule has 9 heteroatoms. The van der Waals surface area contributed by atoms with Gasteiger partial charge in [-0.15, -0.1) is 4.33 Å². The summed E-state index contributed by atoms with van der Waals surface area (Å²) < 4.78 is 60.4. The molecule has 1 fully saturated rings. The Bertz CT molecular complexity index is 355. The van der Waals surface area contributed by atoms with Gasteiger partial charge in [-0.3, -0.25) is 0 Å². The van der Waals surface area contributed by atoms with E-state index in [0.717, 1.165) is 37.4 Å². The summed E-state index contributed by atoms with van der Waals surface area (Å²) in [6.45, 7) is 2.20. The van der Waals surface area contributed by atoms with E-state index in [2.05, 4.69) is 16.3 Å². The predicted octanol–water partition coefficient (Wildman–Crippen LogP) is 6.81. The van der Waals surface area contributed by atoms with Gasteiger partial charge >= 0.3 is 0 Å². The molecule has 0 saturated heterocycles. The Morgan fingerprint density at radius 2 is 1.15 bits per heavy atom. The van der Waals surface area contributed by atoms with E-state index in [1.807, 2.05) is 0 Å². The number of unbranched alkanes of at least 4 members (excludes halogenated alkanes) is 9. The smallest absolute Gasteiger partial charge is 0.149 e. The Morgan fingerprint density at radius 3 is 1.63 bits per heavy atom. The van der Waals surface area contributed by atoms with Gasteiger partial charge in [0.2, 0.25) is 0 Å². The summed E-state index contributed by atoms with van der Waals surface area (Å²) in [6.07, 6.45) is 2.86. The molecule has 1 saturated carbocycles. The summed E-state index contributed by atoms with van der Waals surface area (Å²) >= 11 is 1.02. The fourth-order valence-electron chi connectivity index (χ4n) is 3.24. The maximum Gasteiger partial charge on any atom is 0.149 e. The first-order valence-corrected chi connectivity index (χ1v) is 11.7. The Labute approximate surface area is 168 Å². The second-order valence-corrected chi connectivity index (χ2v) is 9.16. The van der Waals surface area contributed by atoms with Gasteiger partial charge in [0.15, 0.2) is 0 Å². The van der Waals surface area contributed by atoms with Crippen molar-refractivity contribution in [2.24, 2.45) is 0 Å². The van der Waals surface area contributed by atoms with Crippen LogP contribution in [0.2, 0.25) is 0 Å². The van der Waals surface area contributed by atoms with E-state index in [4.69, 9.17) is 5.26 Å². The zero-order valence-electron chi connectivity index (χ0n) is 15.8. The van der Waals surface area contributed by atoms with Crippen LogP contribution >= 0.6 is 23.8 Å². The highest BCUT2D eigenvalue weighted by molar-refractivity contribution is 8.00. The van der Waals surface area contributed by atoms with Crippen LogP contribution in [0.1, 0.15) is 71.1 Å². The number of hydrogen-bond acceptors (Lipinski definition) is 5. The molecule has 0 aromatic heterocycles. The summed E-state index contributed by atoms with van der Waals surface area (Å²) in [5.74, 6) is 0.482. The molecule has 4 atom stereocenters. The van der Waals surface area contributed by atoms with Gasteiger partial charge in [-0.2, -0.15) is 11.8 Å². The van der Waals surface area contributed by atoms with Crippen LogP contribution in [0.15, 0.2) is 0 Å². The first kappa shape index (κ1) is 25.3. The number of hydrogen-bond donors (Lipinski definition) is 1. The molecule has 27 heavy (non-hydrogen) atoms. The summed E-state index contributed by atoms with van der Waals surface area (Å²) in [4.78, 5) is 0. The quantitative estimate of drug-likeness (QED) is 0.100. The predicted molar refractivity (Wildman–Crippen MR) is 104 cm³/mol. The topological polar surface area (TPSA) is 38.7 Å². The van der Waals surface area contributed by atoms with Gasteiger partial charge in [-0.05, 0) is 12.2 Å². The third-order valence-corrected chi connectivity index (χ3v) is 7.16. The first-order valence-electron chi connectivity index (χ1n) is 9.86. The van der Waals surface area contributed by atoms with Crippen molar-refractivity contribution in [3.8, 4) is 0 Å². The highest BCUT2D eigenvalue weighted by atomic mass is 32.2. The number of alkyl halides is 4. The third kappa shape index (κ3) is 9.10. The molecule has 0 aliphatic heterocycles. The lowest BCUT2D eigenvalue weighted by molar-refractivity contribution is -0.432. The molecule has 0 radical (unpaired) electrons. The van der Waals surface area contributed by atoms with Crippen molar-refractivity contribution in [3.05, 3.63) is 0 Å². The van der Waals surface area contributed by atoms with Crippen molar-refractivity contribution >= 4 is 23.8 Å². The van der Waals surface area contributed by atoms with Crippen molar-refractivity contribution in [3.63, 3.8) is 0 Å². The molecule has 3 nitrogen and oxygen atoms in total. The van der Waals surface area contributed by atoms with Gasteiger partial charge in [0.05, 0.1) is 5.25 Å². The SMILES string of the molecule is CCCCCCCCCCCCSC1C(F)C(F)C(SOOO)C(F)C1F. The minimum atomic E-state index is -2.22. The van der Waals surface area contributed by atoms with E-state index in [1.54, 1.807) is 0 Å². The van der Waals surface area contributed by atoms with Gasteiger partial charge < -0.3 is 0 Å². The summed E-state index contributed by atoms with van der Waals surface area (Å²) in [7, 11) is 0. The summed E-state index contributed by atoms with van der Waals surface area (Å²) in [5.41, 5.74) is 0. The zero-order chi connectivity index (χ0) is 20.1. The minimum absolute atomic E-state index is 0.0571. The van der Waals surface area contributed by atoms with E-state index >= 15 is 0 Å². The van der Waals surface area contributed by atoms with Crippen molar-refractivity contribution in [1.29, 1.82) is 0 Å². The van der Waals surface area contributed by atoms with E-state index in [0.29, 0.717) is 5.75 Å². The minimum Gasteiger partial charge on any atom is -0.243 e. The summed E-state index contributed by atoms with van der Waals surface area (Å²) in [5, 5.41) is 8.23. The maximum atomic E-state index is 14.2. The Balaban J connectivity index is 2.17. The van der Waals surface area contributed by atoms with Gasteiger partial charge in [0.1, 0.15) is 29.9 Å². The standard InChI is InChI=1S/C18H32F4O3S2/c1-2-3-4-5-6-7-8-9-10-11-12-26-17-13(19)15(21)18(27-25-24-23)16(22)14(17)20/h13-18,23H,2-12H2,1H3. The average Bonchev–Trinajstić information content (AvgIpc) is 2.67. The molecule has 1 N–H and O–H groups in total. The fourth-order valence-corrected chi connectivity index (χ4v) is 5.19. The molecule has 162 valence electrons. The first-order chi connectivity index (χ1) is 13.0. The van der Waals surface area contributed by atoms with Crippen LogP contribution in [-0.2, 0) is 9.37 Å². The summed E-state index contributed by atoms with van der Waals surface area (Å²) in [6, 6.07) is 0. The third-order valence-electron chi connectivity index (χ3n) is 4.85. The van der Waals surface area contributed by atoms with Gasteiger partial charge in [-0.25, -0.2) is 22.8 Å². The number of rotatable bonds is 15. The number of thioether (sulfide) groups is 1. The zero-order valence-corrected chi connectivity index (χ0v) is 17.5. The van der Waals surface area contributed by atoms with Crippen LogP contribution < -0.4 is 0 Å². The Morgan fingerprint density at radius 1 is 0.704 bits per heavy atom. The largest absolute Gasteiger partial charge is 0.243 e. The highest BCUT2D eigenvalue weighted by Gasteiger charge is 2.54. The van der Waals surface area contributed by atoms with Crippen LogP contribution in [0.25, 0.3) is 0 Å². The van der Waals surface area contributed by atoms with Crippen LogP contribution in [-0.4, -0.2) is 46.2 Å². The molecule has 0 amide bonds.